The summed E-state index contributed by atoms with van der Waals surface area (Å²) in [4.78, 5) is 0. The number of fused-ring (bicyclic) bond motifs is 1. The molecule has 2 aromatic rings. The highest BCUT2D eigenvalue weighted by molar-refractivity contribution is 5.85. The maximum atomic E-state index is 12.6. The fourth-order valence-corrected chi connectivity index (χ4v) is 2.44. The van der Waals surface area contributed by atoms with E-state index in [1.54, 1.807) is 4.68 Å². The second kappa shape index (κ2) is 6.59. The Labute approximate surface area is 125 Å². The highest BCUT2D eigenvalue weighted by Gasteiger charge is 2.31. The van der Waals surface area contributed by atoms with Crippen LogP contribution in [0.4, 0.5) is 13.2 Å². The van der Waals surface area contributed by atoms with Crippen LogP contribution in [0, 0.1) is 0 Å². The second-order valence-electron chi connectivity index (χ2n) is 4.72. The Kier molecular flexibility index (Phi) is 5.54. The minimum atomic E-state index is -4.34. The Hall–Kier alpha value is -1.38. The zero-order valence-corrected chi connectivity index (χ0v) is 11.8. The zero-order valence-electron chi connectivity index (χ0n) is 11.0. The summed E-state index contributed by atoms with van der Waals surface area (Å²) in [7, 11) is 0. The van der Waals surface area contributed by atoms with Crippen LogP contribution in [-0.2, 0) is 6.18 Å². The van der Waals surface area contributed by atoms with Crippen molar-refractivity contribution in [2.75, 3.05) is 13.1 Å². The van der Waals surface area contributed by atoms with Gasteiger partial charge in [-0.25, -0.2) is 4.68 Å². The first-order chi connectivity index (χ1) is 9.05. The van der Waals surface area contributed by atoms with Crippen molar-refractivity contribution in [2.24, 2.45) is 0 Å². The van der Waals surface area contributed by atoms with E-state index in [2.05, 4.69) is 15.6 Å². The molecule has 1 saturated heterocycles. The minimum Gasteiger partial charge on any atom is -0.412 e. The highest BCUT2D eigenvalue weighted by atomic mass is 35.5. The lowest BCUT2D eigenvalue weighted by molar-refractivity contribution is -0.137. The third kappa shape index (κ3) is 3.45. The normalized spacial score (nSPS) is 16.3. The Morgan fingerprint density at radius 1 is 1.19 bits per heavy atom. The van der Waals surface area contributed by atoms with E-state index in [0.717, 1.165) is 38.1 Å². The maximum Gasteiger partial charge on any atom is 0.416 e. The molecule has 5 nitrogen and oxygen atoms in total. The minimum absolute atomic E-state index is 0. The van der Waals surface area contributed by atoms with Crippen LogP contribution in [0.1, 0.15) is 24.4 Å². The van der Waals surface area contributed by atoms with Crippen molar-refractivity contribution in [3.8, 4) is 0 Å². The molecule has 118 valence electrons. The average molecular weight is 325 g/mol. The van der Waals surface area contributed by atoms with Gasteiger partial charge in [-0.05, 0) is 44.1 Å². The molecule has 21 heavy (non-hydrogen) atoms. The predicted octanol–water partition coefficient (Wildman–Crippen LogP) is 1.97. The first-order valence-electron chi connectivity index (χ1n) is 6.18. The van der Waals surface area contributed by atoms with Gasteiger partial charge in [-0.2, -0.15) is 13.2 Å². The predicted molar refractivity (Wildman–Crippen MR) is 74.5 cm³/mol. The zero-order chi connectivity index (χ0) is 13.5. The molecule has 0 aliphatic carbocycles. The Bertz CT molecular complexity index is 596. The Morgan fingerprint density at radius 3 is 2.48 bits per heavy atom. The highest BCUT2D eigenvalue weighted by Crippen LogP contribution is 2.31. The van der Waals surface area contributed by atoms with Gasteiger partial charge in [0.1, 0.15) is 5.52 Å². The fraction of sp³-hybridized carbons (Fsp3) is 0.500. The number of hydrogen-bond donors (Lipinski definition) is 1. The lowest BCUT2D eigenvalue weighted by atomic mass is 10.1. The molecule has 0 amide bonds. The van der Waals surface area contributed by atoms with E-state index >= 15 is 0 Å². The Morgan fingerprint density at radius 2 is 1.86 bits per heavy atom. The number of alkyl halides is 3. The number of hydrogen-bond acceptors (Lipinski definition) is 3. The smallest absolute Gasteiger partial charge is 0.412 e. The molecule has 1 aromatic carbocycles. The average Bonchev–Trinajstić information content (AvgIpc) is 2.81. The number of nitrogens with one attached hydrogen (secondary N) is 1. The SMILES string of the molecule is Cl.FC(F)(F)c1ccc2c(c1)nnn2C1CCNCC1.O. The van der Waals surface area contributed by atoms with Crippen LogP contribution in [0.2, 0.25) is 0 Å². The van der Waals surface area contributed by atoms with E-state index < -0.39 is 11.7 Å². The van der Waals surface area contributed by atoms with Gasteiger partial charge < -0.3 is 10.8 Å². The number of benzene rings is 1. The van der Waals surface area contributed by atoms with Crippen LogP contribution in [-0.4, -0.2) is 33.6 Å². The summed E-state index contributed by atoms with van der Waals surface area (Å²) >= 11 is 0. The monoisotopic (exact) mass is 324 g/mol. The van der Waals surface area contributed by atoms with E-state index in [9.17, 15) is 13.2 Å². The van der Waals surface area contributed by atoms with Crippen LogP contribution in [0.3, 0.4) is 0 Å². The van der Waals surface area contributed by atoms with Crippen molar-refractivity contribution in [3.05, 3.63) is 23.8 Å². The van der Waals surface area contributed by atoms with Crippen molar-refractivity contribution in [2.45, 2.75) is 25.1 Å². The second-order valence-corrected chi connectivity index (χ2v) is 4.72. The number of rotatable bonds is 1. The maximum absolute atomic E-state index is 12.6. The van der Waals surface area contributed by atoms with E-state index in [-0.39, 0.29) is 23.9 Å². The van der Waals surface area contributed by atoms with Gasteiger partial charge in [-0.3, -0.25) is 0 Å². The fourth-order valence-electron chi connectivity index (χ4n) is 2.44. The molecule has 1 aliphatic rings. The van der Waals surface area contributed by atoms with Crippen molar-refractivity contribution < 1.29 is 18.6 Å². The molecule has 0 atom stereocenters. The molecule has 1 fully saturated rings. The van der Waals surface area contributed by atoms with Gasteiger partial charge in [0.15, 0.2) is 0 Å². The Balaban J connectivity index is 0.00000110. The van der Waals surface area contributed by atoms with Gasteiger partial charge in [0, 0.05) is 0 Å². The van der Waals surface area contributed by atoms with E-state index in [1.807, 2.05) is 0 Å². The third-order valence-corrected chi connectivity index (χ3v) is 3.45. The van der Waals surface area contributed by atoms with E-state index in [0.29, 0.717) is 11.0 Å². The van der Waals surface area contributed by atoms with Crippen molar-refractivity contribution in [1.29, 1.82) is 0 Å². The molecule has 0 bridgehead atoms. The van der Waals surface area contributed by atoms with Gasteiger partial charge in [0.25, 0.3) is 0 Å². The summed E-state index contributed by atoms with van der Waals surface area (Å²) in [5.41, 5.74) is 0.283. The van der Waals surface area contributed by atoms with Gasteiger partial charge in [0.05, 0.1) is 17.1 Å². The van der Waals surface area contributed by atoms with Gasteiger partial charge >= 0.3 is 6.18 Å². The molecule has 0 saturated carbocycles. The van der Waals surface area contributed by atoms with Gasteiger partial charge in [-0.1, -0.05) is 5.21 Å². The molecule has 0 unspecified atom stereocenters. The van der Waals surface area contributed by atoms with Crippen molar-refractivity contribution in [1.82, 2.24) is 20.3 Å². The van der Waals surface area contributed by atoms with Crippen LogP contribution in [0.25, 0.3) is 11.0 Å². The van der Waals surface area contributed by atoms with Crippen LogP contribution in [0.15, 0.2) is 18.2 Å². The molecular weight excluding hydrogens is 309 g/mol. The van der Waals surface area contributed by atoms with Crippen LogP contribution < -0.4 is 5.32 Å². The lowest BCUT2D eigenvalue weighted by Gasteiger charge is -2.22. The first kappa shape index (κ1) is 17.7. The summed E-state index contributed by atoms with van der Waals surface area (Å²) in [6.07, 6.45) is -2.51. The molecule has 0 radical (unpaired) electrons. The summed E-state index contributed by atoms with van der Waals surface area (Å²) in [5, 5.41) is 11.1. The largest absolute Gasteiger partial charge is 0.416 e. The summed E-state index contributed by atoms with van der Waals surface area (Å²) < 4.78 is 39.6. The molecule has 9 heteroatoms. The topological polar surface area (TPSA) is 74.2 Å². The summed E-state index contributed by atoms with van der Waals surface area (Å²) in [6, 6.07) is 3.81. The molecule has 2 heterocycles. The molecule has 1 aliphatic heterocycles. The van der Waals surface area contributed by atoms with Gasteiger partial charge in [0.2, 0.25) is 0 Å². The molecule has 3 N–H and O–H groups in total. The number of halogens is 4. The quantitative estimate of drug-likeness (QED) is 0.871. The molecule has 0 spiro atoms. The van der Waals surface area contributed by atoms with Crippen molar-refractivity contribution >= 4 is 23.4 Å². The lowest BCUT2D eigenvalue weighted by Crippen LogP contribution is -2.29. The molecule has 1 aromatic heterocycles. The number of aromatic nitrogens is 3. The molecular formula is C12H16ClF3N4O. The summed E-state index contributed by atoms with van der Waals surface area (Å²) in [6.45, 7) is 1.79. The number of piperidine rings is 1. The standard InChI is InChI=1S/C12H13F3N4.ClH.H2O/c13-12(14,15)8-1-2-11-10(7-8)17-18-19(11)9-3-5-16-6-4-9;;/h1-2,7,9,16H,3-6H2;1H;1H2. The molecule has 3 rings (SSSR count). The number of nitrogens with zero attached hydrogens (tertiary/aromatic N) is 3. The van der Waals surface area contributed by atoms with Crippen LogP contribution >= 0.6 is 12.4 Å². The third-order valence-electron chi connectivity index (χ3n) is 3.45. The summed E-state index contributed by atoms with van der Waals surface area (Å²) in [5.74, 6) is 0. The van der Waals surface area contributed by atoms with Crippen molar-refractivity contribution in [3.63, 3.8) is 0 Å². The van der Waals surface area contributed by atoms with Gasteiger partial charge in [-0.15, -0.1) is 17.5 Å². The van der Waals surface area contributed by atoms with Crippen LogP contribution in [0.5, 0.6) is 0 Å². The van der Waals surface area contributed by atoms with E-state index in [1.165, 1.54) is 6.07 Å². The first-order valence-corrected chi connectivity index (χ1v) is 6.18. The van der Waals surface area contributed by atoms with E-state index in [4.69, 9.17) is 0 Å².